The minimum absolute atomic E-state index is 0.116. The van der Waals surface area contributed by atoms with Gasteiger partial charge in [0.1, 0.15) is 5.75 Å². The van der Waals surface area contributed by atoms with Gasteiger partial charge in [-0.05, 0) is 55.4 Å². The van der Waals surface area contributed by atoms with Crippen LogP contribution in [0.4, 0.5) is 5.69 Å². The summed E-state index contributed by atoms with van der Waals surface area (Å²) in [6, 6.07) is 10.9. The Morgan fingerprint density at radius 2 is 1.88 bits per heavy atom. The number of aromatic hydroxyl groups is 1. The van der Waals surface area contributed by atoms with Gasteiger partial charge in [0.15, 0.2) is 0 Å². The van der Waals surface area contributed by atoms with Crippen molar-refractivity contribution in [2.75, 3.05) is 11.0 Å². The summed E-state index contributed by atoms with van der Waals surface area (Å²) in [4.78, 5) is 4.24. The van der Waals surface area contributed by atoms with Gasteiger partial charge in [-0.1, -0.05) is 18.2 Å². The van der Waals surface area contributed by atoms with E-state index in [2.05, 4.69) is 9.71 Å². The molecule has 0 spiro atoms. The molecule has 1 saturated carbocycles. The molecule has 0 radical (unpaired) electrons. The van der Waals surface area contributed by atoms with Gasteiger partial charge in [-0.3, -0.25) is 9.71 Å². The number of rotatable bonds is 6. The van der Waals surface area contributed by atoms with E-state index < -0.39 is 10.0 Å². The highest BCUT2D eigenvalue weighted by molar-refractivity contribution is 7.92. The average Bonchev–Trinajstić information content (AvgIpc) is 2.61. The number of phenols is 1. The average molecular weight is 376 g/mol. The van der Waals surface area contributed by atoms with E-state index in [4.69, 9.17) is 4.74 Å². The number of sulfonamides is 1. The Morgan fingerprint density at radius 3 is 2.58 bits per heavy atom. The van der Waals surface area contributed by atoms with Crippen LogP contribution in [0.1, 0.15) is 42.9 Å². The number of pyridine rings is 1. The Hall–Kier alpha value is -2.12. The highest BCUT2D eigenvalue weighted by atomic mass is 32.2. The van der Waals surface area contributed by atoms with E-state index in [1.807, 2.05) is 18.2 Å². The molecule has 1 aliphatic rings. The third-order valence-corrected chi connectivity index (χ3v) is 5.28. The van der Waals surface area contributed by atoms with Crippen LogP contribution in [0.5, 0.6) is 5.75 Å². The maximum absolute atomic E-state index is 11.5. The molecule has 26 heavy (non-hydrogen) atoms. The zero-order chi connectivity index (χ0) is 18.6. The van der Waals surface area contributed by atoms with Gasteiger partial charge >= 0.3 is 0 Å². The monoisotopic (exact) mass is 376 g/mol. The molecule has 0 atom stereocenters. The highest BCUT2D eigenvalue weighted by Crippen LogP contribution is 2.38. The number of hydrogen-bond donors (Lipinski definition) is 2. The summed E-state index contributed by atoms with van der Waals surface area (Å²) in [5.41, 5.74) is 2.05. The Labute approximate surface area is 154 Å². The Bertz CT molecular complexity index is 846. The molecule has 3 rings (SSSR count). The third-order valence-electron chi connectivity index (χ3n) is 4.69. The van der Waals surface area contributed by atoms with E-state index >= 15 is 0 Å². The quantitative estimate of drug-likeness (QED) is 0.807. The van der Waals surface area contributed by atoms with Crippen molar-refractivity contribution in [2.24, 2.45) is 0 Å². The molecule has 1 aromatic heterocycles. The Kier molecular flexibility index (Phi) is 5.78. The number of benzene rings is 1. The maximum atomic E-state index is 11.5. The Balaban J connectivity index is 1.56. The molecule has 2 N–H and O–H groups in total. The zero-order valence-electron chi connectivity index (χ0n) is 14.8. The van der Waals surface area contributed by atoms with Gasteiger partial charge in [0, 0.05) is 6.20 Å². The van der Waals surface area contributed by atoms with E-state index in [1.165, 1.54) is 0 Å². The van der Waals surface area contributed by atoms with Gasteiger partial charge < -0.3 is 9.84 Å². The molecule has 1 fully saturated rings. The van der Waals surface area contributed by atoms with Crippen molar-refractivity contribution >= 4 is 15.7 Å². The number of anilines is 1. The topological polar surface area (TPSA) is 88.5 Å². The number of hydrogen-bond acceptors (Lipinski definition) is 5. The smallest absolute Gasteiger partial charge is 0.229 e. The van der Waals surface area contributed by atoms with Crippen molar-refractivity contribution in [1.82, 2.24) is 4.98 Å². The summed E-state index contributed by atoms with van der Waals surface area (Å²) in [6.07, 6.45) is 6.58. The first-order valence-corrected chi connectivity index (χ1v) is 10.6. The van der Waals surface area contributed by atoms with Gasteiger partial charge in [-0.2, -0.15) is 0 Å². The van der Waals surface area contributed by atoms with Gasteiger partial charge in [-0.15, -0.1) is 0 Å². The van der Waals surface area contributed by atoms with Crippen LogP contribution >= 0.6 is 0 Å². The lowest BCUT2D eigenvalue weighted by Crippen LogP contribution is -2.21. The van der Waals surface area contributed by atoms with E-state index in [0.29, 0.717) is 23.0 Å². The van der Waals surface area contributed by atoms with Crippen LogP contribution in [-0.2, 0) is 21.4 Å². The molecule has 7 heteroatoms. The van der Waals surface area contributed by atoms with Crippen LogP contribution in [0.15, 0.2) is 42.6 Å². The van der Waals surface area contributed by atoms with E-state index in [0.717, 1.165) is 37.5 Å². The molecule has 0 saturated heterocycles. The second-order valence-corrected chi connectivity index (χ2v) is 8.46. The van der Waals surface area contributed by atoms with Gasteiger partial charge in [0.05, 0.1) is 30.3 Å². The molecule has 2 aromatic rings. The molecule has 0 unspecified atom stereocenters. The number of nitrogens with one attached hydrogen (secondary N) is 1. The van der Waals surface area contributed by atoms with E-state index in [9.17, 15) is 13.5 Å². The van der Waals surface area contributed by atoms with E-state index in [-0.39, 0.29) is 12.7 Å². The second-order valence-electron chi connectivity index (χ2n) is 6.72. The molecule has 1 aliphatic carbocycles. The third kappa shape index (κ3) is 4.95. The molecule has 140 valence electrons. The lowest BCUT2D eigenvalue weighted by Gasteiger charge is -2.29. The second kappa shape index (κ2) is 8.05. The summed E-state index contributed by atoms with van der Waals surface area (Å²) in [5, 5.41) is 10.0. The Morgan fingerprint density at radius 1 is 1.15 bits per heavy atom. The first-order chi connectivity index (χ1) is 12.4. The summed E-state index contributed by atoms with van der Waals surface area (Å²) in [5.74, 6) is 0.718. The number of phenolic OH excluding ortho intramolecular Hbond substituents is 1. The fourth-order valence-electron chi connectivity index (χ4n) is 3.42. The molecule has 0 aliphatic heterocycles. The van der Waals surface area contributed by atoms with Crippen LogP contribution < -0.4 is 4.72 Å². The predicted octanol–water partition coefficient (Wildman–Crippen LogP) is 3.40. The van der Waals surface area contributed by atoms with Gasteiger partial charge in [-0.25, -0.2) is 8.42 Å². The first-order valence-electron chi connectivity index (χ1n) is 8.73. The lowest BCUT2D eigenvalue weighted by atomic mass is 9.82. The van der Waals surface area contributed by atoms with Crippen LogP contribution in [0, 0.1) is 0 Å². The molecule has 0 bridgehead atoms. The summed E-state index contributed by atoms with van der Waals surface area (Å²) in [7, 11) is -3.35. The largest absolute Gasteiger partial charge is 0.508 e. The summed E-state index contributed by atoms with van der Waals surface area (Å²) < 4.78 is 31.4. The van der Waals surface area contributed by atoms with Gasteiger partial charge in [0.25, 0.3) is 0 Å². The molecule has 1 heterocycles. The van der Waals surface area contributed by atoms with Crippen LogP contribution in [0.3, 0.4) is 0 Å². The van der Waals surface area contributed by atoms with Crippen LogP contribution in [0.2, 0.25) is 0 Å². The first kappa shape index (κ1) is 18.7. The number of aromatic nitrogens is 1. The standard InChI is InChI=1S/C19H24N2O4S/c1-26(23,24)21-17-6-4-12-20-18(17)13-25-15-10-8-14(9-11-15)16-5-2-3-7-19(16)22/h2-7,12,14-15,21-22H,8-11,13H2,1H3. The minimum atomic E-state index is -3.35. The number of nitrogens with zero attached hydrogens (tertiary/aromatic N) is 1. The summed E-state index contributed by atoms with van der Waals surface area (Å²) >= 11 is 0. The van der Waals surface area contributed by atoms with Crippen LogP contribution in [0.25, 0.3) is 0 Å². The molecule has 1 aromatic carbocycles. The van der Waals surface area contributed by atoms with Crippen molar-refractivity contribution in [3.05, 3.63) is 53.9 Å². The fourth-order valence-corrected chi connectivity index (χ4v) is 4.00. The van der Waals surface area contributed by atoms with Crippen molar-refractivity contribution in [3.8, 4) is 5.75 Å². The van der Waals surface area contributed by atoms with Crippen LogP contribution in [-0.4, -0.2) is 30.9 Å². The van der Waals surface area contributed by atoms with E-state index in [1.54, 1.807) is 24.4 Å². The fraction of sp³-hybridized carbons (Fsp3) is 0.421. The van der Waals surface area contributed by atoms with Crippen molar-refractivity contribution < 1.29 is 18.3 Å². The lowest BCUT2D eigenvalue weighted by molar-refractivity contribution is 0.0119. The highest BCUT2D eigenvalue weighted by Gasteiger charge is 2.24. The zero-order valence-corrected chi connectivity index (χ0v) is 15.6. The normalized spacial score (nSPS) is 20.7. The van der Waals surface area contributed by atoms with Crippen molar-refractivity contribution in [2.45, 2.75) is 44.3 Å². The maximum Gasteiger partial charge on any atom is 0.229 e. The number of ether oxygens (including phenoxy) is 1. The SMILES string of the molecule is CS(=O)(=O)Nc1cccnc1COC1CCC(c2ccccc2O)CC1. The van der Waals surface area contributed by atoms with Crippen molar-refractivity contribution in [3.63, 3.8) is 0 Å². The molecule has 6 nitrogen and oxygen atoms in total. The van der Waals surface area contributed by atoms with Crippen molar-refractivity contribution in [1.29, 1.82) is 0 Å². The molecular formula is C19H24N2O4S. The minimum Gasteiger partial charge on any atom is -0.508 e. The van der Waals surface area contributed by atoms with Gasteiger partial charge in [0.2, 0.25) is 10.0 Å². The molecular weight excluding hydrogens is 352 g/mol. The summed E-state index contributed by atoms with van der Waals surface area (Å²) in [6.45, 7) is 0.268. The predicted molar refractivity (Wildman–Crippen MR) is 101 cm³/mol. The molecule has 0 amide bonds. The number of para-hydroxylation sites is 1.